The Labute approximate surface area is 83.5 Å². The highest BCUT2D eigenvalue weighted by Gasteiger charge is 2.21. The molecule has 4 nitrogen and oxygen atoms in total. The average Bonchev–Trinajstić information content (AvgIpc) is 2.71. The molecule has 76 valence electrons. The highest BCUT2D eigenvalue weighted by molar-refractivity contribution is 5.73. The van der Waals surface area contributed by atoms with Gasteiger partial charge in [0.05, 0.1) is 6.33 Å². The number of imidazole rings is 1. The molecule has 2 rings (SSSR count). The smallest absolute Gasteiger partial charge is 0.219 e. The van der Waals surface area contributed by atoms with Crippen LogP contribution in [0.5, 0.6) is 0 Å². The molecule has 0 aliphatic carbocycles. The van der Waals surface area contributed by atoms with Crippen molar-refractivity contribution in [2.45, 2.75) is 25.8 Å². The molecule has 1 aromatic rings. The third kappa shape index (κ3) is 1.78. The lowest BCUT2D eigenvalue weighted by Gasteiger charge is -2.31. The number of likely N-dealkylation sites (tertiary alicyclic amines) is 1. The van der Waals surface area contributed by atoms with E-state index in [4.69, 9.17) is 0 Å². The zero-order chi connectivity index (χ0) is 9.97. The second kappa shape index (κ2) is 3.82. The maximum absolute atomic E-state index is 11.1. The summed E-state index contributed by atoms with van der Waals surface area (Å²) < 4.78 is 2.14. The minimum absolute atomic E-state index is 0.189. The van der Waals surface area contributed by atoms with E-state index in [-0.39, 0.29) is 5.91 Å². The lowest BCUT2D eigenvalue weighted by molar-refractivity contribution is -0.130. The van der Waals surface area contributed by atoms with Crippen molar-refractivity contribution in [2.24, 2.45) is 0 Å². The number of hydrogen-bond acceptors (Lipinski definition) is 2. The number of nitrogens with zero attached hydrogens (tertiary/aromatic N) is 3. The highest BCUT2D eigenvalue weighted by Crippen LogP contribution is 2.21. The van der Waals surface area contributed by atoms with Gasteiger partial charge in [-0.15, -0.1) is 0 Å². The van der Waals surface area contributed by atoms with Crippen LogP contribution in [-0.2, 0) is 4.79 Å². The summed E-state index contributed by atoms with van der Waals surface area (Å²) in [6.45, 7) is 3.38. The molecular weight excluding hydrogens is 178 g/mol. The van der Waals surface area contributed by atoms with Crippen LogP contribution in [0.2, 0.25) is 0 Å². The van der Waals surface area contributed by atoms with Crippen molar-refractivity contribution in [3.8, 4) is 0 Å². The quantitative estimate of drug-likeness (QED) is 0.669. The molecule has 1 aliphatic heterocycles. The molecule has 2 heterocycles. The first-order chi connectivity index (χ1) is 6.77. The molecule has 0 N–H and O–H groups in total. The van der Waals surface area contributed by atoms with Gasteiger partial charge in [-0.05, 0) is 12.8 Å². The van der Waals surface area contributed by atoms with Crippen LogP contribution in [0.4, 0.5) is 0 Å². The van der Waals surface area contributed by atoms with Gasteiger partial charge in [0.25, 0.3) is 0 Å². The van der Waals surface area contributed by atoms with Crippen LogP contribution in [0, 0.1) is 0 Å². The van der Waals surface area contributed by atoms with Crippen molar-refractivity contribution in [3.63, 3.8) is 0 Å². The molecule has 1 saturated heterocycles. The minimum Gasteiger partial charge on any atom is -0.343 e. The zero-order valence-electron chi connectivity index (χ0n) is 8.39. The zero-order valence-corrected chi connectivity index (χ0v) is 8.39. The van der Waals surface area contributed by atoms with Gasteiger partial charge in [0, 0.05) is 38.4 Å². The van der Waals surface area contributed by atoms with Gasteiger partial charge in [-0.2, -0.15) is 0 Å². The predicted octanol–water partition coefficient (Wildman–Crippen LogP) is 1.07. The standard InChI is InChI=1S/C10H15N3O/c1-9(14)12-5-2-10(3-6-12)13-7-4-11-8-13/h4,7-8,10H,2-3,5-6H2,1H3. The van der Waals surface area contributed by atoms with Gasteiger partial charge >= 0.3 is 0 Å². The van der Waals surface area contributed by atoms with Crippen molar-refractivity contribution in [3.05, 3.63) is 18.7 Å². The fourth-order valence-electron chi connectivity index (χ4n) is 1.96. The fraction of sp³-hybridized carbons (Fsp3) is 0.600. The first kappa shape index (κ1) is 9.24. The number of aromatic nitrogens is 2. The second-order valence-electron chi connectivity index (χ2n) is 3.75. The van der Waals surface area contributed by atoms with Crippen molar-refractivity contribution >= 4 is 5.91 Å². The van der Waals surface area contributed by atoms with Crippen LogP contribution in [-0.4, -0.2) is 33.4 Å². The van der Waals surface area contributed by atoms with Crippen molar-refractivity contribution < 1.29 is 4.79 Å². The molecular formula is C10H15N3O. The Balaban J connectivity index is 1.93. The van der Waals surface area contributed by atoms with Gasteiger partial charge in [-0.1, -0.05) is 0 Å². The number of amides is 1. The second-order valence-corrected chi connectivity index (χ2v) is 3.75. The lowest BCUT2D eigenvalue weighted by atomic mass is 10.1. The fourth-order valence-corrected chi connectivity index (χ4v) is 1.96. The minimum atomic E-state index is 0.189. The van der Waals surface area contributed by atoms with E-state index in [1.807, 2.05) is 17.4 Å². The molecule has 0 radical (unpaired) electrons. The molecule has 14 heavy (non-hydrogen) atoms. The Morgan fingerprint density at radius 1 is 1.43 bits per heavy atom. The summed E-state index contributed by atoms with van der Waals surface area (Å²) in [5, 5.41) is 0. The van der Waals surface area contributed by atoms with Gasteiger partial charge in [0.2, 0.25) is 5.91 Å². The predicted molar refractivity (Wildman–Crippen MR) is 52.8 cm³/mol. The van der Waals surface area contributed by atoms with E-state index in [0.29, 0.717) is 6.04 Å². The van der Waals surface area contributed by atoms with Crippen molar-refractivity contribution in [1.29, 1.82) is 0 Å². The van der Waals surface area contributed by atoms with Gasteiger partial charge in [-0.25, -0.2) is 4.98 Å². The highest BCUT2D eigenvalue weighted by atomic mass is 16.2. The summed E-state index contributed by atoms with van der Waals surface area (Å²) in [7, 11) is 0. The first-order valence-electron chi connectivity index (χ1n) is 5.00. The molecule has 0 bridgehead atoms. The number of carbonyl (C=O) groups excluding carboxylic acids is 1. The lowest BCUT2D eigenvalue weighted by Crippen LogP contribution is -2.37. The monoisotopic (exact) mass is 193 g/mol. The van der Waals surface area contributed by atoms with Crippen LogP contribution in [0.3, 0.4) is 0 Å². The molecule has 0 atom stereocenters. The topological polar surface area (TPSA) is 38.1 Å². The van der Waals surface area contributed by atoms with E-state index < -0.39 is 0 Å². The van der Waals surface area contributed by atoms with Gasteiger partial charge in [-0.3, -0.25) is 4.79 Å². The summed E-state index contributed by atoms with van der Waals surface area (Å²) in [4.78, 5) is 17.0. The van der Waals surface area contributed by atoms with Gasteiger partial charge < -0.3 is 9.47 Å². The third-order valence-corrected chi connectivity index (χ3v) is 2.86. The number of rotatable bonds is 1. The summed E-state index contributed by atoms with van der Waals surface area (Å²) in [6.07, 6.45) is 7.73. The summed E-state index contributed by atoms with van der Waals surface area (Å²) in [6, 6.07) is 0.521. The maximum Gasteiger partial charge on any atom is 0.219 e. The van der Waals surface area contributed by atoms with Crippen LogP contribution in [0.15, 0.2) is 18.7 Å². The van der Waals surface area contributed by atoms with E-state index in [9.17, 15) is 4.79 Å². The molecule has 0 aromatic carbocycles. The average molecular weight is 193 g/mol. The van der Waals surface area contributed by atoms with Crippen molar-refractivity contribution in [1.82, 2.24) is 14.5 Å². The number of carbonyl (C=O) groups is 1. The molecule has 1 fully saturated rings. The molecule has 0 spiro atoms. The largest absolute Gasteiger partial charge is 0.343 e. The Morgan fingerprint density at radius 2 is 2.14 bits per heavy atom. The van der Waals surface area contributed by atoms with Crippen LogP contribution in [0.25, 0.3) is 0 Å². The van der Waals surface area contributed by atoms with Gasteiger partial charge in [0.1, 0.15) is 0 Å². The van der Waals surface area contributed by atoms with Crippen LogP contribution < -0.4 is 0 Å². The van der Waals surface area contributed by atoms with Crippen LogP contribution in [0.1, 0.15) is 25.8 Å². The molecule has 0 unspecified atom stereocenters. The molecule has 0 saturated carbocycles. The van der Waals surface area contributed by atoms with E-state index in [1.54, 1.807) is 13.1 Å². The third-order valence-electron chi connectivity index (χ3n) is 2.86. The first-order valence-corrected chi connectivity index (χ1v) is 5.00. The Kier molecular flexibility index (Phi) is 2.52. The number of hydrogen-bond donors (Lipinski definition) is 0. The Bertz CT molecular complexity index is 299. The van der Waals surface area contributed by atoms with E-state index in [1.165, 1.54) is 0 Å². The Hall–Kier alpha value is -1.32. The Morgan fingerprint density at radius 3 is 2.64 bits per heavy atom. The van der Waals surface area contributed by atoms with Gasteiger partial charge in [0.15, 0.2) is 0 Å². The summed E-state index contributed by atoms with van der Waals surface area (Å²) in [5.41, 5.74) is 0. The summed E-state index contributed by atoms with van der Waals surface area (Å²) in [5.74, 6) is 0.189. The maximum atomic E-state index is 11.1. The normalized spacial score (nSPS) is 18.5. The molecule has 4 heteroatoms. The van der Waals surface area contributed by atoms with E-state index in [2.05, 4.69) is 9.55 Å². The number of piperidine rings is 1. The van der Waals surface area contributed by atoms with Crippen LogP contribution >= 0.6 is 0 Å². The van der Waals surface area contributed by atoms with Crippen molar-refractivity contribution in [2.75, 3.05) is 13.1 Å². The van der Waals surface area contributed by atoms with E-state index in [0.717, 1.165) is 25.9 Å². The van der Waals surface area contributed by atoms with E-state index >= 15 is 0 Å². The molecule has 1 amide bonds. The SMILES string of the molecule is CC(=O)N1CCC(n2ccnc2)CC1. The molecule has 1 aromatic heterocycles. The summed E-state index contributed by atoms with van der Waals surface area (Å²) >= 11 is 0. The molecule has 1 aliphatic rings.